The van der Waals surface area contributed by atoms with Crippen LogP contribution in [-0.2, 0) is 0 Å². The molecule has 0 fully saturated rings. The molecule has 0 saturated carbocycles. The molecule has 1 rings (SSSR count). The Hall–Kier alpha value is -1.89. The van der Waals surface area contributed by atoms with E-state index in [-0.39, 0.29) is 0 Å². The second-order valence-electron chi connectivity index (χ2n) is 2.66. The van der Waals surface area contributed by atoms with Gasteiger partial charge in [-0.15, -0.1) is 0 Å². The summed E-state index contributed by atoms with van der Waals surface area (Å²) in [6, 6.07) is 9.96. The Morgan fingerprint density at radius 3 is 2.43 bits per heavy atom. The molecule has 0 aromatic heterocycles. The molecule has 0 heterocycles. The van der Waals surface area contributed by atoms with Gasteiger partial charge in [0, 0.05) is 11.8 Å². The van der Waals surface area contributed by atoms with Gasteiger partial charge in [-0.2, -0.15) is 0 Å². The minimum atomic E-state index is 0.889. The Morgan fingerprint density at radius 1 is 1.14 bits per heavy atom. The van der Waals surface area contributed by atoms with Crippen LogP contribution in [0.4, 0.5) is 0 Å². The molecule has 70 valence electrons. The monoisotopic (exact) mass is 183 g/mol. The molecule has 0 aliphatic heterocycles. The smallest absolute Gasteiger partial charge is 0.0701 e. The van der Waals surface area contributed by atoms with Gasteiger partial charge in [0.1, 0.15) is 0 Å². The quantitative estimate of drug-likeness (QED) is 0.501. The fourth-order valence-corrected chi connectivity index (χ4v) is 1.08. The Balaban J connectivity index is 3.01. The standard InChI is InChI=1S/C13H13N/c1-3-5-11-13(14-4-2)12-9-7-6-8-10-12/h3-11H,1-2H2/b11-5-,14-13?. The van der Waals surface area contributed by atoms with Crippen LogP contribution >= 0.6 is 0 Å². The van der Waals surface area contributed by atoms with Crippen molar-refractivity contribution in [3.05, 3.63) is 73.5 Å². The Kier molecular flexibility index (Phi) is 4.15. The topological polar surface area (TPSA) is 12.4 Å². The summed E-state index contributed by atoms with van der Waals surface area (Å²) in [5.74, 6) is 0. The lowest BCUT2D eigenvalue weighted by Gasteiger charge is -1.98. The van der Waals surface area contributed by atoms with Crippen LogP contribution in [0.1, 0.15) is 5.56 Å². The number of nitrogens with zero attached hydrogens (tertiary/aromatic N) is 1. The third-order valence-electron chi connectivity index (χ3n) is 1.69. The molecule has 14 heavy (non-hydrogen) atoms. The molecule has 0 amide bonds. The van der Waals surface area contributed by atoms with Gasteiger partial charge in [0.25, 0.3) is 0 Å². The van der Waals surface area contributed by atoms with Crippen LogP contribution in [0.5, 0.6) is 0 Å². The normalized spacial score (nSPS) is 11.6. The average Bonchev–Trinajstić information content (AvgIpc) is 2.25. The highest BCUT2D eigenvalue weighted by molar-refractivity contribution is 6.09. The van der Waals surface area contributed by atoms with Gasteiger partial charge in [0.15, 0.2) is 0 Å². The van der Waals surface area contributed by atoms with Gasteiger partial charge < -0.3 is 0 Å². The lowest BCUT2D eigenvalue weighted by Crippen LogP contribution is -1.94. The zero-order valence-electron chi connectivity index (χ0n) is 8.06. The largest absolute Gasteiger partial charge is 0.257 e. The molecule has 0 aliphatic carbocycles. The summed E-state index contributed by atoms with van der Waals surface area (Å²) in [6.07, 6.45) is 7.02. The maximum atomic E-state index is 4.18. The lowest BCUT2D eigenvalue weighted by atomic mass is 10.1. The third-order valence-corrected chi connectivity index (χ3v) is 1.69. The number of hydrogen-bond acceptors (Lipinski definition) is 1. The second kappa shape index (κ2) is 5.70. The minimum absolute atomic E-state index is 0.889. The fourth-order valence-electron chi connectivity index (χ4n) is 1.08. The first-order chi connectivity index (χ1) is 6.88. The predicted octanol–water partition coefficient (Wildman–Crippen LogP) is 3.36. The molecule has 1 nitrogen and oxygen atoms in total. The summed E-state index contributed by atoms with van der Waals surface area (Å²) in [4.78, 5) is 4.18. The van der Waals surface area contributed by atoms with Gasteiger partial charge in [-0.05, 0) is 6.08 Å². The summed E-state index contributed by atoms with van der Waals surface area (Å²) in [7, 11) is 0. The number of hydrogen-bond donors (Lipinski definition) is 0. The highest BCUT2D eigenvalue weighted by Crippen LogP contribution is 2.03. The van der Waals surface area contributed by atoms with Gasteiger partial charge in [0.2, 0.25) is 0 Å². The van der Waals surface area contributed by atoms with Crippen LogP contribution in [0.15, 0.2) is 72.9 Å². The molecule has 0 aliphatic rings. The van der Waals surface area contributed by atoms with Crippen LogP contribution in [0.2, 0.25) is 0 Å². The molecule has 1 aromatic carbocycles. The van der Waals surface area contributed by atoms with E-state index < -0.39 is 0 Å². The molecule has 0 radical (unpaired) electrons. The van der Waals surface area contributed by atoms with E-state index in [0.717, 1.165) is 11.3 Å². The van der Waals surface area contributed by atoms with Crippen molar-refractivity contribution in [2.75, 3.05) is 0 Å². The zero-order valence-corrected chi connectivity index (χ0v) is 8.06. The highest BCUT2D eigenvalue weighted by atomic mass is 14.7. The summed E-state index contributed by atoms with van der Waals surface area (Å²) in [5.41, 5.74) is 1.96. The molecule has 0 N–H and O–H groups in total. The Morgan fingerprint density at radius 2 is 1.86 bits per heavy atom. The van der Waals surface area contributed by atoms with Crippen LogP contribution in [0.25, 0.3) is 0 Å². The summed E-state index contributed by atoms with van der Waals surface area (Å²) < 4.78 is 0. The molecule has 0 spiro atoms. The molecule has 1 heteroatoms. The van der Waals surface area contributed by atoms with Crippen molar-refractivity contribution in [1.82, 2.24) is 0 Å². The zero-order chi connectivity index (χ0) is 10.2. The van der Waals surface area contributed by atoms with Gasteiger partial charge >= 0.3 is 0 Å². The van der Waals surface area contributed by atoms with Crippen molar-refractivity contribution in [1.29, 1.82) is 0 Å². The molecular formula is C13H13N. The fraction of sp³-hybridized carbons (Fsp3) is 0. The minimum Gasteiger partial charge on any atom is -0.257 e. The van der Waals surface area contributed by atoms with Crippen molar-refractivity contribution in [2.24, 2.45) is 4.99 Å². The Labute approximate surface area is 84.8 Å². The summed E-state index contributed by atoms with van der Waals surface area (Å²) in [6.45, 7) is 7.21. The molecule has 1 aromatic rings. The van der Waals surface area contributed by atoms with Crippen molar-refractivity contribution < 1.29 is 0 Å². The predicted molar refractivity (Wildman–Crippen MR) is 62.5 cm³/mol. The van der Waals surface area contributed by atoms with Gasteiger partial charge in [-0.3, -0.25) is 4.99 Å². The van der Waals surface area contributed by atoms with E-state index in [4.69, 9.17) is 0 Å². The maximum absolute atomic E-state index is 4.18. The summed E-state index contributed by atoms with van der Waals surface area (Å²) in [5, 5.41) is 0. The molecule has 0 bridgehead atoms. The van der Waals surface area contributed by atoms with Crippen LogP contribution in [0, 0.1) is 0 Å². The van der Waals surface area contributed by atoms with Crippen LogP contribution in [-0.4, -0.2) is 5.71 Å². The van der Waals surface area contributed by atoms with E-state index in [9.17, 15) is 0 Å². The molecule has 0 unspecified atom stereocenters. The lowest BCUT2D eigenvalue weighted by molar-refractivity contribution is 1.54. The number of allylic oxidation sites excluding steroid dienone is 3. The highest BCUT2D eigenvalue weighted by Gasteiger charge is 1.95. The van der Waals surface area contributed by atoms with Crippen molar-refractivity contribution in [3.63, 3.8) is 0 Å². The van der Waals surface area contributed by atoms with Crippen molar-refractivity contribution >= 4 is 5.71 Å². The van der Waals surface area contributed by atoms with Gasteiger partial charge in [0.05, 0.1) is 5.71 Å². The van der Waals surface area contributed by atoms with Crippen molar-refractivity contribution in [3.8, 4) is 0 Å². The molecular weight excluding hydrogens is 170 g/mol. The maximum Gasteiger partial charge on any atom is 0.0701 e. The summed E-state index contributed by atoms with van der Waals surface area (Å²) >= 11 is 0. The van der Waals surface area contributed by atoms with Crippen molar-refractivity contribution in [2.45, 2.75) is 0 Å². The average molecular weight is 183 g/mol. The van der Waals surface area contributed by atoms with E-state index in [2.05, 4.69) is 18.2 Å². The van der Waals surface area contributed by atoms with E-state index in [0.29, 0.717) is 0 Å². The second-order valence-corrected chi connectivity index (χ2v) is 2.66. The number of aliphatic imine (C=N–C) groups is 1. The SMILES string of the molecule is C=C/C=C\C(=NC=C)c1ccccc1. The van der Waals surface area contributed by atoms with E-state index in [1.807, 2.05) is 42.5 Å². The first-order valence-corrected chi connectivity index (χ1v) is 4.41. The van der Waals surface area contributed by atoms with Gasteiger partial charge in [-0.1, -0.05) is 55.6 Å². The Bertz CT molecular complexity index is 358. The van der Waals surface area contributed by atoms with E-state index in [1.165, 1.54) is 6.20 Å². The molecule has 0 atom stereocenters. The van der Waals surface area contributed by atoms with E-state index in [1.54, 1.807) is 6.08 Å². The van der Waals surface area contributed by atoms with Crippen LogP contribution < -0.4 is 0 Å². The van der Waals surface area contributed by atoms with Gasteiger partial charge in [-0.25, -0.2) is 0 Å². The molecule has 0 saturated heterocycles. The first kappa shape index (κ1) is 10.2. The number of rotatable bonds is 4. The number of benzene rings is 1. The van der Waals surface area contributed by atoms with Crippen LogP contribution in [0.3, 0.4) is 0 Å². The van der Waals surface area contributed by atoms with E-state index >= 15 is 0 Å². The third kappa shape index (κ3) is 2.87. The first-order valence-electron chi connectivity index (χ1n) is 4.41.